The molecule has 6 rings (SSSR count). The van der Waals surface area contributed by atoms with Crippen LogP contribution in [-0.2, 0) is 7.05 Å². The van der Waals surface area contributed by atoms with Crippen LogP contribution in [0.2, 0.25) is 0 Å². The lowest BCUT2D eigenvalue weighted by molar-refractivity contribution is -0.0909. The van der Waals surface area contributed by atoms with E-state index in [9.17, 15) is 13.2 Å². The van der Waals surface area contributed by atoms with Crippen molar-refractivity contribution in [2.24, 2.45) is 18.9 Å². The minimum absolute atomic E-state index is 0.0503. The Bertz CT molecular complexity index is 1420. The molecule has 0 spiro atoms. The highest BCUT2D eigenvalue weighted by Crippen LogP contribution is 2.47. The summed E-state index contributed by atoms with van der Waals surface area (Å²) < 4.78 is 45.2. The van der Waals surface area contributed by atoms with Gasteiger partial charge in [0.15, 0.2) is 0 Å². The first-order valence-electron chi connectivity index (χ1n) is 14.0. The van der Waals surface area contributed by atoms with E-state index in [0.29, 0.717) is 17.3 Å². The summed E-state index contributed by atoms with van der Waals surface area (Å²) in [6, 6.07) is 8.03. The van der Waals surface area contributed by atoms with E-state index in [4.69, 9.17) is 0 Å². The van der Waals surface area contributed by atoms with Gasteiger partial charge in [0.2, 0.25) is 0 Å². The molecule has 0 bridgehead atoms. The van der Waals surface area contributed by atoms with Crippen LogP contribution in [-0.4, -0.2) is 43.8 Å². The lowest BCUT2D eigenvalue weighted by Gasteiger charge is -2.36. The Kier molecular flexibility index (Phi) is 6.63. The molecule has 210 valence electrons. The average molecular weight is 549 g/mol. The number of alkyl halides is 3. The van der Waals surface area contributed by atoms with Gasteiger partial charge in [0, 0.05) is 49.8 Å². The maximum Gasteiger partial charge on any atom is 0.418 e. The Hall–Kier alpha value is -3.75. The fourth-order valence-electron chi connectivity index (χ4n) is 6.40. The van der Waals surface area contributed by atoms with Crippen LogP contribution in [0.3, 0.4) is 0 Å². The number of nitrogens with zero attached hydrogens (tertiary/aromatic N) is 6. The van der Waals surface area contributed by atoms with Crippen LogP contribution in [0.5, 0.6) is 0 Å². The molecule has 40 heavy (non-hydrogen) atoms. The van der Waals surface area contributed by atoms with Gasteiger partial charge in [-0.2, -0.15) is 13.2 Å². The highest BCUT2D eigenvalue weighted by Gasteiger charge is 2.44. The summed E-state index contributed by atoms with van der Waals surface area (Å²) in [5.74, 6) is 1.98. The van der Waals surface area contributed by atoms with E-state index in [1.54, 1.807) is 22.3 Å². The summed E-state index contributed by atoms with van der Waals surface area (Å²) in [6.45, 7) is 11.8. The molecule has 1 atom stereocenters. The Morgan fingerprint density at radius 2 is 1.82 bits per heavy atom. The van der Waals surface area contributed by atoms with E-state index in [2.05, 4.69) is 40.4 Å². The SMILES string of the molecule is C=C(C)N1CCC(C2=CN3C(=C)N(c4cccc(C(c5nncn5C)C5CCC5)c4)C=C3C(C(F)(F)F)=C2)CC1. The largest absolute Gasteiger partial charge is 0.418 e. The van der Waals surface area contributed by atoms with Crippen LogP contribution in [0.15, 0.2) is 90.6 Å². The molecule has 3 aliphatic heterocycles. The molecule has 4 aliphatic rings. The number of fused-ring (bicyclic) bond motifs is 1. The third-order valence-corrected chi connectivity index (χ3v) is 8.90. The lowest BCUT2D eigenvalue weighted by atomic mass is 9.72. The number of aromatic nitrogens is 3. The second-order valence-corrected chi connectivity index (χ2v) is 11.4. The van der Waals surface area contributed by atoms with Gasteiger partial charge < -0.3 is 19.3 Å². The summed E-state index contributed by atoms with van der Waals surface area (Å²) in [4.78, 5) is 5.58. The number of rotatable bonds is 6. The standard InChI is InChI=1S/C31H35F3N6/c1-20(2)38-13-11-22(12-14-38)25-16-27(31(32,33)34)28-18-39(21(3)40(28)17-25)26-10-6-9-24(15-26)29(23-7-5-8-23)30-36-35-19-37(30)4/h6,9-10,15-19,22-23,29H,1,3,5,7-8,11-14H2,2,4H3. The first-order chi connectivity index (χ1) is 19.1. The Morgan fingerprint density at radius 1 is 1.07 bits per heavy atom. The first kappa shape index (κ1) is 26.5. The van der Waals surface area contributed by atoms with Crippen molar-refractivity contribution in [2.75, 3.05) is 18.0 Å². The molecule has 2 fully saturated rings. The van der Waals surface area contributed by atoms with Crippen molar-refractivity contribution in [3.05, 3.63) is 102 Å². The van der Waals surface area contributed by atoms with Crippen LogP contribution in [0.1, 0.15) is 56.3 Å². The molecule has 0 amide bonds. The van der Waals surface area contributed by atoms with Gasteiger partial charge in [-0.25, -0.2) is 0 Å². The molecule has 6 nitrogen and oxygen atoms in total. The third-order valence-electron chi connectivity index (χ3n) is 8.90. The van der Waals surface area contributed by atoms with Crippen LogP contribution in [0.25, 0.3) is 0 Å². The van der Waals surface area contributed by atoms with E-state index in [1.807, 2.05) is 36.9 Å². The maximum absolute atomic E-state index is 14.4. The predicted octanol–water partition coefficient (Wildman–Crippen LogP) is 6.81. The molecule has 4 heterocycles. The number of aryl methyl sites for hydroxylation is 1. The minimum Gasteiger partial charge on any atom is -0.375 e. The van der Waals surface area contributed by atoms with Crippen molar-refractivity contribution in [3.63, 3.8) is 0 Å². The minimum atomic E-state index is -4.49. The molecule has 1 unspecified atom stereocenters. The predicted molar refractivity (Wildman–Crippen MR) is 150 cm³/mol. The van der Waals surface area contributed by atoms with E-state index in [1.165, 1.54) is 12.5 Å². The van der Waals surface area contributed by atoms with Gasteiger partial charge in [-0.05, 0) is 73.8 Å². The molecule has 9 heteroatoms. The Morgan fingerprint density at radius 3 is 2.42 bits per heavy atom. The zero-order valence-electron chi connectivity index (χ0n) is 23.0. The molecule has 1 aromatic carbocycles. The molecule has 1 aromatic heterocycles. The Balaban J connectivity index is 1.32. The highest BCUT2D eigenvalue weighted by molar-refractivity contribution is 5.64. The van der Waals surface area contributed by atoms with Crippen molar-refractivity contribution in [1.29, 1.82) is 0 Å². The number of hydrogen-bond donors (Lipinski definition) is 0. The van der Waals surface area contributed by atoms with Crippen LogP contribution in [0.4, 0.5) is 18.9 Å². The number of allylic oxidation sites excluding steroid dienone is 4. The molecular formula is C31H35F3N6. The summed E-state index contributed by atoms with van der Waals surface area (Å²) in [6.07, 6.45) is 7.00. The fourth-order valence-corrected chi connectivity index (χ4v) is 6.40. The average Bonchev–Trinajstić information content (AvgIpc) is 3.47. The van der Waals surface area contributed by atoms with Gasteiger partial charge >= 0.3 is 6.18 Å². The number of piperidine rings is 1. The molecule has 1 saturated heterocycles. The summed E-state index contributed by atoms with van der Waals surface area (Å²) >= 11 is 0. The number of likely N-dealkylation sites (tertiary alicyclic amines) is 1. The molecule has 0 N–H and O–H groups in total. The second-order valence-electron chi connectivity index (χ2n) is 11.4. The van der Waals surface area contributed by atoms with Gasteiger partial charge in [-0.15, -0.1) is 10.2 Å². The molecule has 0 radical (unpaired) electrons. The van der Waals surface area contributed by atoms with Crippen LogP contribution in [0, 0.1) is 11.8 Å². The van der Waals surface area contributed by atoms with Crippen LogP contribution < -0.4 is 4.90 Å². The van der Waals surface area contributed by atoms with E-state index < -0.39 is 11.7 Å². The van der Waals surface area contributed by atoms with Gasteiger partial charge in [-0.3, -0.25) is 0 Å². The Labute approximate surface area is 233 Å². The van der Waals surface area contributed by atoms with Crippen molar-refractivity contribution in [3.8, 4) is 0 Å². The van der Waals surface area contributed by atoms with Crippen LogP contribution >= 0.6 is 0 Å². The van der Waals surface area contributed by atoms with Gasteiger partial charge in [0.1, 0.15) is 18.0 Å². The summed E-state index contributed by atoms with van der Waals surface area (Å²) in [5, 5.41) is 8.52. The van der Waals surface area contributed by atoms with Gasteiger partial charge in [0.05, 0.1) is 11.3 Å². The van der Waals surface area contributed by atoms with Gasteiger partial charge in [0.25, 0.3) is 0 Å². The first-order valence-corrected chi connectivity index (χ1v) is 14.0. The van der Waals surface area contributed by atoms with Crippen molar-refractivity contribution < 1.29 is 13.2 Å². The van der Waals surface area contributed by atoms with Crippen molar-refractivity contribution in [1.82, 2.24) is 24.6 Å². The topological polar surface area (TPSA) is 40.4 Å². The quantitative estimate of drug-likeness (QED) is 0.397. The number of anilines is 1. The number of hydrogen-bond acceptors (Lipinski definition) is 5. The molecular weight excluding hydrogens is 513 g/mol. The molecule has 1 aliphatic carbocycles. The summed E-state index contributed by atoms with van der Waals surface area (Å²) in [5.41, 5.74) is 3.05. The van der Waals surface area contributed by atoms with E-state index in [-0.39, 0.29) is 17.5 Å². The zero-order chi connectivity index (χ0) is 28.2. The number of benzene rings is 1. The second kappa shape index (κ2) is 10.0. The highest BCUT2D eigenvalue weighted by atomic mass is 19.4. The van der Waals surface area contributed by atoms with E-state index >= 15 is 0 Å². The number of halogens is 3. The monoisotopic (exact) mass is 548 g/mol. The van der Waals surface area contributed by atoms with Crippen molar-refractivity contribution in [2.45, 2.75) is 51.1 Å². The normalized spacial score (nSPS) is 21.1. The molecule has 1 saturated carbocycles. The summed E-state index contributed by atoms with van der Waals surface area (Å²) in [7, 11) is 1.95. The third kappa shape index (κ3) is 4.65. The maximum atomic E-state index is 14.4. The van der Waals surface area contributed by atoms with E-state index in [0.717, 1.165) is 61.5 Å². The lowest BCUT2D eigenvalue weighted by Crippen LogP contribution is -2.34. The smallest absolute Gasteiger partial charge is 0.375 e. The van der Waals surface area contributed by atoms with Gasteiger partial charge in [-0.1, -0.05) is 31.7 Å². The van der Waals surface area contributed by atoms with Crippen molar-refractivity contribution >= 4 is 5.69 Å². The zero-order valence-corrected chi connectivity index (χ0v) is 23.0. The molecule has 2 aromatic rings. The fraction of sp³-hybridized carbons (Fsp3) is 0.419.